The molecule has 1 atom stereocenters. The Bertz CT molecular complexity index is 440. The predicted molar refractivity (Wildman–Crippen MR) is 71.6 cm³/mol. The van der Waals surface area contributed by atoms with Crippen molar-refractivity contribution in [3.8, 4) is 0 Å². The maximum Gasteiger partial charge on any atom is 0.339 e. The van der Waals surface area contributed by atoms with Crippen LogP contribution in [0.4, 0.5) is 5.69 Å². The molecule has 4 nitrogen and oxygen atoms in total. The standard InChI is InChI=1S/C13H18ClNO3/c1-13(2,3)11(16)7-18-12(17)9-5-4-8(15)6-10(9)14/h4-6,11,16H,7,15H2,1-3H3. The number of hydrogen-bond donors (Lipinski definition) is 2. The number of nitrogen functional groups attached to an aromatic ring is 1. The molecule has 1 aromatic carbocycles. The summed E-state index contributed by atoms with van der Waals surface area (Å²) in [6.45, 7) is 5.52. The molecule has 0 amide bonds. The molecule has 0 saturated heterocycles. The van der Waals surface area contributed by atoms with Crippen molar-refractivity contribution >= 4 is 23.3 Å². The highest BCUT2D eigenvalue weighted by molar-refractivity contribution is 6.33. The highest BCUT2D eigenvalue weighted by Crippen LogP contribution is 2.22. The van der Waals surface area contributed by atoms with Crippen LogP contribution in [0.25, 0.3) is 0 Å². The Morgan fingerprint density at radius 2 is 2.11 bits per heavy atom. The lowest BCUT2D eigenvalue weighted by atomic mass is 9.90. The van der Waals surface area contributed by atoms with Crippen LogP contribution in [0.3, 0.4) is 0 Å². The molecule has 3 N–H and O–H groups in total. The topological polar surface area (TPSA) is 72.5 Å². The molecule has 1 aromatic rings. The summed E-state index contributed by atoms with van der Waals surface area (Å²) in [5.41, 5.74) is 5.91. The Morgan fingerprint density at radius 1 is 1.50 bits per heavy atom. The third kappa shape index (κ3) is 3.89. The Morgan fingerprint density at radius 3 is 2.61 bits per heavy atom. The van der Waals surface area contributed by atoms with Gasteiger partial charge in [0.1, 0.15) is 6.61 Å². The van der Waals surface area contributed by atoms with E-state index in [2.05, 4.69) is 0 Å². The van der Waals surface area contributed by atoms with Gasteiger partial charge in [0.25, 0.3) is 0 Å². The summed E-state index contributed by atoms with van der Waals surface area (Å²) in [6, 6.07) is 4.56. The minimum atomic E-state index is -0.728. The van der Waals surface area contributed by atoms with Crippen molar-refractivity contribution in [1.29, 1.82) is 0 Å². The van der Waals surface area contributed by atoms with Crippen molar-refractivity contribution in [1.82, 2.24) is 0 Å². The molecule has 5 heteroatoms. The fourth-order valence-electron chi connectivity index (χ4n) is 1.18. The number of esters is 1. The highest BCUT2D eigenvalue weighted by atomic mass is 35.5. The lowest BCUT2D eigenvalue weighted by molar-refractivity contribution is -0.0104. The molecule has 0 radical (unpaired) electrons. The molecule has 1 rings (SSSR count). The Balaban J connectivity index is 2.66. The molecule has 0 aliphatic carbocycles. The van der Waals surface area contributed by atoms with Gasteiger partial charge in [0, 0.05) is 5.69 Å². The van der Waals surface area contributed by atoms with E-state index in [1.54, 1.807) is 6.07 Å². The maximum absolute atomic E-state index is 11.7. The van der Waals surface area contributed by atoms with E-state index in [9.17, 15) is 9.90 Å². The van der Waals surface area contributed by atoms with E-state index in [-0.39, 0.29) is 22.6 Å². The number of carbonyl (C=O) groups is 1. The summed E-state index contributed by atoms with van der Waals surface area (Å²) in [5, 5.41) is 10.0. The molecule has 0 heterocycles. The highest BCUT2D eigenvalue weighted by Gasteiger charge is 2.24. The zero-order valence-corrected chi connectivity index (χ0v) is 11.5. The fraction of sp³-hybridized carbons (Fsp3) is 0.462. The van der Waals surface area contributed by atoms with Gasteiger partial charge >= 0.3 is 5.97 Å². The molecule has 0 aliphatic heterocycles. The number of benzene rings is 1. The number of carbonyl (C=O) groups excluding carboxylic acids is 1. The van der Waals surface area contributed by atoms with Gasteiger partial charge in [0.15, 0.2) is 0 Å². The average molecular weight is 272 g/mol. The molecule has 18 heavy (non-hydrogen) atoms. The molecular weight excluding hydrogens is 254 g/mol. The van der Waals surface area contributed by atoms with Crippen molar-refractivity contribution < 1.29 is 14.6 Å². The maximum atomic E-state index is 11.7. The number of halogens is 1. The van der Waals surface area contributed by atoms with E-state index in [0.717, 1.165) is 0 Å². The van der Waals surface area contributed by atoms with Gasteiger partial charge in [-0.2, -0.15) is 0 Å². The molecule has 100 valence electrons. The van der Waals surface area contributed by atoms with Gasteiger partial charge in [0.05, 0.1) is 16.7 Å². The summed E-state index contributed by atoms with van der Waals surface area (Å²) in [5.74, 6) is -0.566. The van der Waals surface area contributed by atoms with Crippen LogP contribution < -0.4 is 5.73 Å². The van der Waals surface area contributed by atoms with Crippen LogP contribution in [0.1, 0.15) is 31.1 Å². The van der Waals surface area contributed by atoms with Gasteiger partial charge in [-0.15, -0.1) is 0 Å². The number of aliphatic hydroxyl groups excluding tert-OH is 1. The smallest absolute Gasteiger partial charge is 0.339 e. The van der Waals surface area contributed by atoms with Gasteiger partial charge in [-0.1, -0.05) is 32.4 Å². The molecule has 0 spiro atoms. The van der Waals surface area contributed by atoms with E-state index in [4.69, 9.17) is 22.1 Å². The van der Waals surface area contributed by atoms with E-state index in [0.29, 0.717) is 5.69 Å². The minimum Gasteiger partial charge on any atom is -0.459 e. The van der Waals surface area contributed by atoms with Crippen LogP contribution >= 0.6 is 11.6 Å². The summed E-state index contributed by atoms with van der Waals surface area (Å²) in [7, 11) is 0. The van der Waals surface area contributed by atoms with Crippen LogP contribution in [0.2, 0.25) is 5.02 Å². The minimum absolute atomic E-state index is 0.0664. The summed E-state index contributed by atoms with van der Waals surface area (Å²) < 4.78 is 5.02. The van der Waals surface area contributed by atoms with Crippen LogP contribution in [-0.2, 0) is 4.74 Å². The summed E-state index contributed by atoms with van der Waals surface area (Å²) >= 11 is 5.89. The summed E-state index contributed by atoms with van der Waals surface area (Å²) in [4.78, 5) is 11.7. The number of aliphatic hydroxyl groups is 1. The van der Waals surface area contributed by atoms with E-state index in [1.165, 1.54) is 12.1 Å². The number of ether oxygens (including phenoxy) is 1. The van der Waals surface area contributed by atoms with Crippen LogP contribution in [-0.4, -0.2) is 23.8 Å². The first-order chi connectivity index (χ1) is 8.21. The normalized spacial score (nSPS) is 13.2. The van der Waals surface area contributed by atoms with E-state index in [1.807, 2.05) is 20.8 Å². The third-order valence-corrected chi connectivity index (χ3v) is 2.90. The average Bonchev–Trinajstić information content (AvgIpc) is 2.24. The first kappa shape index (κ1) is 14.8. The largest absolute Gasteiger partial charge is 0.459 e. The van der Waals surface area contributed by atoms with Gasteiger partial charge in [-0.25, -0.2) is 4.79 Å². The second-order valence-corrected chi connectivity index (χ2v) is 5.63. The van der Waals surface area contributed by atoms with Gasteiger partial charge < -0.3 is 15.6 Å². The lowest BCUT2D eigenvalue weighted by Crippen LogP contribution is -2.31. The molecule has 0 saturated carbocycles. The van der Waals surface area contributed by atoms with Crippen LogP contribution in [0.15, 0.2) is 18.2 Å². The molecule has 0 aromatic heterocycles. The number of hydrogen-bond acceptors (Lipinski definition) is 4. The second kappa shape index (κ2) is 5.59. The molecule has 0 aliphatic rings. The number of nitrogens with two attached hydrogens (primary N) is 1. The molecule has 0 bridgehead atoms. The molecule has 1 unspecified atom stereocenters. The Labute approximate surface area is 112 Å². The van der Waals surface area contributed by atoms with Crippen molar-refractivity contribution in [3.63, 3.8) is 0 Å². The Hall–Kier alpha value is -1.26. The monoisotopic (exact) mass is 271 g/mol. The first-order valence-electron chi connectivity index (χ1n) is 5.62. The van der Waals surface area contributed by atoms with Crippen LogP contribution in [0.5, 0.6) is 0 Å². The predicted octanol–water partition coefficient (Wildman–Crippen LogP) is 2.49. The first-order valence-corrected chi connectivity index (χ1v) is 6.00. The van der Waals surface area contributed by atoms with E-state index >= 15 is 0 Å². The lowest BCUT2D eigenvalue weighted by Gasteiger charge is -2.25. The van der Waals surface area contributed by atoms with Crippen LogP contribution in [0, 0.1) is 5.41 Å². The zero-order chi connectivity index (χ0) is 13.9. The molecular formula is C13H18ClNO3. The quantitative estimate of drug-likeness (QED) is 0.654. The van der Waals surface area contributed by atoms with Crippen molar-refractivity contribution in [2.24, 2.45) is 5.41 Å². The van der Waals surface area contributed by atoms with Crippen molar-refractivity contribution in [3.05, 3.63) is 28.8 Å². The van der Waals surface area contributed by atoms with Crippen molar-refractivity contribution in [2.75, 3.05) is 12.3 Å². The third-order valence-electron chi connectivity index (χ3n) is 2.59. The Kier molecular flexibility index (Phi) is 4.59. The zero-order valence-electron chi connectivity index (χ0n) is 10.7. The van der Waals surface area contributed by atoms with Gasteiger partial charge in [0.2, 0.25) is 0 Å². The van der Waals surface area contributed by atoms with Gasteiger partial charge in [-0.05, 0) is 23.6 Å². The molecule has 0 fully saturated rings. The van der Waals surface area contributed by atoms with E-state index < -0.39 is 12.1 Å². The SMILES string of the molecule is CC(C)(C)C(O)COC(=O)c1ccc(N)cc1Cl. The summed E-state index contributed by atoms with van der Waals surface area (Å²) in [6.07, 6.45) is -0.728. The number of anilines is 1. The van der Waals surface area contributed by atoms with Gasteiger partial charge in [-0.3, -0.25) is 0 Å². The fourth-order valence-corrected chi connectivity index (χ4v) is 1.45. The second-order valence-electron chi connectivity index (χ2n) is 5.22. The van der Waals surface area contributed by atoms with Crippen molar-refractivity contribution in [2.45, 2.75) is 26.9 Å². The number of rotatable bonds is 3.